The molecule has 1 rings (SSSR count). The Morgan fingerprint density at radius 2 is 2.00 bits per heavy atom. The van der Waals surface area contributed by atoms with E-state index in [9.17, 15) is 0 Å². The molecule has 1 aromatic carbocycles. The molecular formula is C12H13. The van der Waals surface area contributed by atoms with Crippen molar-refractivity contribution >= 4 is 0 Å². The first kappa shape index (κ1) is 8.79. The highest BCUT2D eigenvalue weighted by atomic mass is 13.8. The van der Waals surface area contributed by atoms with Crippen LogP contribution < -0.4 is 0 Å². The second-order valence-corrected chi connectivity index (χ2v) is 2.51. The monoisotopic (exact) mass is 157 g/mol. The van der Waals surface area contributed by atoms with Gasteiger partial charge in [-0.15, -0.1) is 0 Å². The van der Waals surface area contributed by atoms with Crippen LogP contribution in [0.5, 0.6) is 0 Å². The molecule has 0 heteroatoms. The van der Waals surface area contributed by atoms with Gasteiger partial charge in [0.1, 0.15) is 0 Å². The second-order valence-electron chi connectivity index (χ2n) is 2.51. The smallest absolute Gasteiger partial charge is 0.0106 e. The quantitative estimate of drug-likeness (QED) is 0.590. The third-order valence-electron chi connectivity index (χ3n) is 1.49. The Hall–Kier alpha value is -1.30. The molecule has 1 aromatic rings. The van der Waals surface area contributed by atoms with Gasteiger partial charge in [0.15, 0.2) is 0 Å². The van der Waals surface area contributed by atoms with E-state index in [0.717, 1.165) is 12.0 Å². The first-order chi connectivity index (χ1) is 5.93. The van der Waals surface area contributed by atoms with E-state index in [1.165, 1.54) is 0 Å². The highest BCUT2D eigenvalue weighted by Gasteiger charge is 1.79. The maximum Gasteiger partial charge on any atom is -0.0106 e. The zero-order valence-electron chi connectivity index (χ0n) is 7.33. The van der Waals surface area contributed by atoms with Crippen LogP contribution in [0.1, 0.15) is 18.9 Å². The fraction of sp³-hybridized carbons (Fsp3) is 0.167. The van der Waals surface area contributed by atoms with Crippen molar-refractivity contribution < 1.29 is 0 Å². The Bertz CT molecular complexity index is 255. The Kier molecular flexibility index (Phi) is 3.93. The molecular weight excluding hydrogens is 144 g/mol. The van der Waals surface area contributed by atoms with E-state index < -0.39 is 0 Å². The maximum atomic E-state index is 3.17. The predicted molar refractivity (Wildman–Crippen MR) is 52.8 cm³/mol. The van der Waals surface area contributed by atoms with Gasteiger partial charge in [-0.2, -0.15) is 0 Å². The summed E-state index contributed by atoms with van der Waals surface area (Å²) in [5.41, 5.74) is 1.12. The molecule has 0 aliphatic heterocycles. The van der Waals surface area contributed by atoms with Gasteiger partial charge in [-0.05, 0) is 18.1 Å². The summed E-state index contributed by atoms with van der Waals surface area (Å²) in [6, 6.07) is 10.1. The first-order valence-electron chi connectivity index (χ1n) is 4.23. The molecule has 1 radical (unpaired) electrons. The highest BCUT2D eigenvalue weighted by Crippen LogP contribution is 1.97. The Morgan fingerprint density at radius 1 is 1.25 bits per heavy atom. The van der Waals surface area contributed by atoms with E-state index in [1.807, 2.05) is 42.5 Å². The lowest BCUT2D eigenvalue weighted by Gasteiger charge is -1.87. The number of allylic oxidation sites excluding steroid dienone is 3. The first-order valence-corrected chi connectivity index (χ1v) is 4.23. The number of benzene rings is 1. The summed E-state index contributed by atoms with van der Waals surface area (Å²) in [6.45, 7) is 2.12. The second kappa shape index (κ2) is 5.36. The van der Waals surface area contributed by atoms with Crippen LogP contribution in [0.15, 0.2) is 48.6 Å². The lowest BCUT2D eigenvalue weighted by molar-refractivity contribution is 1.22. The van der Waals surface area contributed by atoms with Gasteiger partial charge in [-0.3, -0.25) is 0 Å². The Labute approximate surface area is 74.2 Å². The molecule has 0 fully saturated rings. The van der Waals surface area contributed by atoms with Crippen LogP contribution >= 0.6 is 0 Å². The normalized spacial score (nSPS) is 11.4. The van der Waals surface area contributed by atoms with Crippen LogP contribution in [0.4, 0.5) is 0 Å². The molecule has 0 bridgehead atoms. The minimum absolute atomic E-state index is 1.08. The van der Waals surface area contributed by atoms with E-state index in [-0.39, 0.29) is 0 Å². The minimum atomic E-state index is 1.08. The third-order valence-corrected chi connectivity index (χ3v) is 1.49. The molecule has 0 spiro atoms. The Balaban J connectivity index is 2.52. The van der Waals surface area contributed by atoms with Crippen LogP contribution in [0.2, 0.25) is 0 Å². The van der Waals surface area contributed by atoms with Crippen LogP contribution in [-0.2, 0) is 0 Å². The summed E-state index contributed by atoms with van der Waals surface area (Å²) in [7, 11) is 0. The third kappa shape index (κ3) is 3.20. The molecule has 0 atom stereocenters. The van der Waals surface area contributed by atoms with Gasteiger partial charge in [-0.1, -0.05) is 55.5 Å². The number of rotatable bonds is 3. The average Bonchev–Trinajstić information content (AvgIpc) is 2.14. The summed E-state index contributed by atoms with van der Waals surface area (Å²) < 4.78 is 0. The van der Waals surface area contributed by atoms with Gasteiger partial charge >= 0.3 is 0 Å². The van der Waals surface area contributed by atoms with E-state index in [2.05, 4.69) is 19.1 Å². The summed E-state index contributed by atoms with van der Waals surface area (Å²) in [5, 5.41) is 0. The summed E-state index contributed by atoms with van der Waals surface area (Å²) in [4.78, 5) is 0. The van der Waals surface area contributed by atoms with Crippen molar-refractivity contribution in [1.82, 2.24) is 0 Å². The van der Waals surface area contributed by atoms with Crippen molar-refractivity contribution in [2.75, 3.05) is 0 Å². The van der Waals surface area contributed by atoms with Gasteiger partial charge in [0.2, 0.25) is 0 Å². The molecule has 0 N–H and O–H groups in total. The molecule has 0 saturated heterocycles. The molecule has 0 aromatic heterocycles. The van der Waals surface area contributed by atoms with Crippen LogP contribution in [0.25, 0.3) is 0 Å². The van der Waals surface area contributed by atoms with Gasteiger partial charge in [0.05, 0.1) is 0 Å². The molecule has 61 valence electrons. The molecule has 0 saturated carbocycles. The van der Waals surface area contributed by atoms with Gasteiger partial charge in [0.25, 0.3) is 0 Å². The summed E-state index contributed by atoms with van der Waals surface area (Å²) >= 11 is 0. The SMILES string of the molecule is CC/C=C/C=[C]\c1ccccc1. The zero-order chi connectivity index (χ0) is 8.65. The van der Waals surface area contributed by atoms with E-state index in [1.54, 1.807) is 0 Å². The summed E-state index contributed by atoms with van der Waals surface area (Å²) in [6.07, 6.45) is 10.3. The van der Waals surface area contributed by atoms with Crippen molar-refractivity contribution in [2.45, 2.75) is 13.3 Å². The van der Waals surface area contributed by atoms with E-state index in [0.29, 0.717) is 0 Å². The molecule has 12 heavy (non-hydrogen) atoms. The molecule has 0 aliphatic rings. The lowest BCUT2D eigenvalue weighted by atomic mass is 10.2. The maximum absolute atomic E-state index is 3.17. The van der Waals surface area contributed by atoms with Crippen molar-refractivity contribution in [3.63, 3.8) is 0 Å². The fourth-order valence-electron chi connectivity index (χ4n) is 0.883. The van der Waals surface area contributed by atoms with Crippen molar-refractivity contribution in [3.8, 4) is 0 Å². The molecule has 0 heterocycles. The fourth-order valence-corrected chi connectivity index (χ4v) is 0.883. The van der Waals surface area contributed by atoms with Gasteiger partial charge in [0, 0.05) is 0 Å². The number of hydrogen-bond acceptors (Lipinski definition) is 0. The molecule has 0 amide bonds. The standard InChI is InChI=1S/C12H13/c1-2-3-4-6-9-12-10-7-5-8-11-12/h3-8,10-11H,2H2,1H3/b4-3+,9-6?. The molecule has 0 nitrogen and oxygen atoms in total. The zero-order valence-corrected chi connectivity index (χ0v) is 7.33. The van der Waals surface area contributed by atoms with Crippen LogP contribution in [-0.4, -0.2) is 0 Å². The van der Waals surface area contributed by atoms with E-state index >= 15 is 0 Å². The average molecular weight is 157 g/mol. The van der Waals surface area contributed by atoms with Crippen LogP contribution in [0, 0.1) is 6.08 Å². The highest BCUT2D eigenvalue weighted by molar-refractivity contribution is 5.23. The van der Waals surface area contributed by atoms with Crippen LogP contribution in [0.3, 0.4) is 0 Å². The van der Waals surface area contributed by atoms with Crippen molar-refractivity contribution in [2.24, 2.45) is 0 Å². The number of hydrogen-bond donors (Lipinski definition) is 0. The lowest BCUT2D eigenvalue weighted by Crippen LogP contribution is -1.69. The van der Waals surface area contributed by atoms with E-state index in [4.69, 9.17) is 0 Å². The van der Waals surface area contributed by atoms with Gasteiger partial charge in [-0.25, -0.2) is 0 Å². The minimum Gasteiger partial charge on any atom is -0.0848 e. The topological polar surface area (TPSA) is 0 Å². The predicted octanol–water partition coefficient (Wildman–Crippen LogP) is 3.36. The van der Waals surface area contributed by atoms with Crippen molar-refractivity contribution in [3.05, 3.63) is 60.2 Å². The molecule has 0 aliphatic carbocycles. The van der Waals surface area contributed by atoms with Crippen molar-refractivity contribution in [1.29, 1.82) is 0 Å². The molecule has 0 unspecified atom stereocenters. The van der Waals surface area contributed by atoms with Gasteiger partial charge < -0.3 is 0 Å². The summed E-state index contributed by atoms with van der Waals surface area (Å²) in [5.74, 6) is 0. The largest absolute Gasteiger partial charge is 0.0848 e. The Morgan fingerprint density at radius 3 is 2.67 bits per heavy atom.